The van der Waals surface area contributed by atoms with Crippen molar-refractivity contribution in [3.63, 3.8) is 0 Å². The maximum atomic E-state index is 15.1. The number of hydrogen-bond acceptors (Lipinski definition) is 7. The van der Waals surface area contributed by atoms with Crippen molar-refractivity contribution in [2.45, 2.75) is 51.3 Å². The van der Waals surface area contributed by atoms with Crippen LogP contribution < -0.4 is 15.4 Å². The zero-order valence-electron chi connectivity index (χ0n) is 27.0. The van der Waals surface area contributed by atoms with E-state index in [4.69, 9.17) is 27.1 Å². The van der Waals surface area contributed by atoms with Crippen molar-refractivity contribution < 1.29 is 27.9 Å². The number of nitrogens with zero attached hydrogens (tertiary/aromatic N) is 7. The molecule has 0 unspecified atom stereocenters. The third-order valence-corrected chi connectivity index (χ3v) is 9.59. The summed E-state index contributed by atoms with van der Waals surface area (Å²) in [5.41, 5.74) is 8.58. The number of nitrogens with two attached hydrogens (primary N) is 1. The van der Waals surface area contributed by atoms with Crippen LogP contribution in [0, 0.1) is 11.8 Å². The van der Waals surface area contributed by atoms with Crippen LogP contribution in [0.25, 0.3) is 22.2 Å². The van der Waals surface area contributed by atoms with Gasteiger partial charge in [0.2, 0.25) is 0 Å². The molecule has 2 fully saturated rings. The van der Waals surface area contributed by atoms with Crippen molar-refractivity contribution in [1.82, 2.24) is 29.5 Å². The molecule has 49 heavy (non-hydrogen) atoms. The number of carbonyl (C=O) groups excluding carboxylic acids is 3. The van der Waals surface area contributed by atoms with Gasteiger partial charge in [0.05, 0.1) is 40.4 Å². The highest BCUT2D eigenvalue weighted by Crippen LogP contribution is 2.45. The number of pyridine rings is 2. The van der Waals surface area contributed by atoms with Gasteiger partial charge in [0.25, 0.3) is 5.91 Å². The number of ether oxygens (including phenoxy) is 1. The van der Waals surface area contributed by atoms with E-state index in [1.165, 1.54) is 18.3 Å². The number of piperidine rings is 1. The molecule has 4 aromatic rings. The monoisotopic (exact) mass is 692 g/mol. The Bertz CT molecular complexity index is 1960. The van der Waals surface area contributed by atoms with Gasteiger partial charge >= 0.3 is 18.0 Å². The maximum Gasteiger partial charge on any atom is 0.482 e. The highest BCUT2D eigenvalue weighted by Gasteiger charge is 2.50. The first kappa shape index (κ1) is 32.7. The molecule has 0 radical (unpaired) electrons. The maximum absolute atomic E-state index is 15.1. The predicted molar refractivity (Wildman–Crippen MR) is 177 cm³/mol. The average molecular weight is 693 g/mol. The highest BCUT2D eigenvalue weighted by molar-refractivity contribution is 6.30. The number of anilines is 1. The molecular formula is C34H35ClF2N8O4. The van der Waals surface area contributed by atoms with Crippen LogP contribution in [0.15, 0.2) is 42.7 Å². The quantitative estimate of drug-likeness (QED) is 0.271. The molecule has 0 atom stereocenters. The second-order valence-corrected chi connectivity index (χ2v) is 13.6. The minimum absolute atomic E-state index is 0.0149. The normalized spacial score (nSPS) is 17.6. The molecule has 2 N–H and O–H groups in total. The number of primary amides is 1. The molecule has 12 nitrogen and oxygen atoms in total. The molecule has 1 aliphatic carbocycles. The van der Waals surface area contributed by atoms with Gasteiger partial charge in [0.15, 0.2) is 11.4 Å². The summed E-state index contributed by atoms with van der Waals surface area (Å²) in [5, 5.41) is 5.58. The predicted octanol–water partition coefficient (Wildman–Crippen LogP) is 5.11. The summed E-state index contributed by atoms with van der Waals surface area (Å²) >= 11 is 5.94. The molecule has 3 aliphatic rings. The molecule has 3 aromatic heterocycles. The van der Waals surface area contributed by atoms with E-state index in [9.17, 15) is 14.4 Å². The third-order valence-electron chi connectivity index (χ3n) is 9.36. The Morgan fingerprint density at radius 3 is 2.49 bits per heavy atom. The first-order valence-electron chi connectivity index (χ1n) is 16.2. The summed E-state index contributed by atoms with van der Waals surface area (Å²) in [6, 6.07) is 7.66. The van der Waals surface area contributed by atoms with Gasteiger partial charge < -0.3 is 20.3 Å². The molecule has 7 rings (SSSR count). The van der Waals surface area contributed by atoms with Crippen LogP contribution in [0.5, 0.6) is 5.75 Å². The minimum atomic E-state index is -4.15. The molecule has 2 aliphatic heterocycles. The van der Waals surface area contributed by atoms with Gasteiger partial charge in [-0.25, -0.2) is 14.5 Å². The Balaban J connectivity index is 1.28. The molecule has 1 aromatic carbocycles. The van der Waals surface area contributed by atoms with E-state index in [0.717, 1.165) is 30.6 Å². The van der Waals surface area contributed by atoms with Crippen molar-refractivity contribution in [2.24, 2.45) is 17.6 Å². The van der Waals surface area contributed by atoms with Gasteiger partial charge in [0, 0.05) is 50.9 Å². The van der Waals surface area contributed by atoms with Crippen molar-refractivity contribution in [3.8, 4) is 16.9 Å². The number of amides is 4. The number of benzene rings is 1. The number of rotatable bonds is 8. The van der Waals surface area contributed by atoms with Crippen molar-refractivity contribution in [2.75, 3.05) is 32.1 Å². The van der Waals surface area contributed by atoms with E-state index in [-0.39, 0.29) is 35.5 Å². The number of fused-ring (bicyclic) bond motifs is 2. The van der Waals surface area contributed by atoms with E-state index in [0.29, 0.717) is 70.5 Å². The van der Waals surface area contributed by atoms with E-state index in [1.54, 1.807) is 43.4 Å². The Hall–Kier alpha value is -4.85. The molecule has 4 amide bonds. The number of urea groups is 1. The third kappa shape index (κ3) is 6.36. The minimum Gasteiger partial charge on any atom is -0.423 e. The summed E-state index contributed by atoms with van der Waals surface area (Å²) in [6.07, 6.45) is 2.97. The zero-order valence-corrected chi connectivity index (χ0v) is 27.8. The Morgan fingerprint density at radius 1 is 1.08 bits per heavy atom. The fourth-order valence-corrected chi connectivity index (χ4v) is 6.77. The largest absolute Gasteiger partial charge is 0.482 e. The summed E-state index contributed by atoms with van der Waals surface area (Å²) in [7, 11) is 3.48. The summed E-state index contributed by atoms with van der Waals surface area (Å²) < 4.78 is 36.9. The molecule has 5 heterocycles. The fourth-order valence-electron chi connectivity index (χ4n) is 6.65. The number of halogens is 3. The SMILES string of the molecule is CN(C)C(=O)N1CCC(Cn2ncc3c(-c4ccc5c(c4)OC(F)(F)C(=O)N5Cc4ccc(Cl)cn4)c(C(N)=O)c(CC4CC4)nc32)CC1. The lowest BCUT2D eigenvalue weighted by atomic mass is 9.93. The van der Waals surface area contributed by atoms with Crippen LogP contribution in [0.3, 0.4) is 0 Å². The Kier molecular flexibility index (Phi) is 8.37. The van der Waals surface area contributed by atoms with Crippen LogP contribution in [-0.4, -0.2) is 80.7 Å². The number of alkyl halides is 2. The molecule has 0 bridgehead atoms. The van der Waals surface area contributed by atoms with Gasteiger partial charge in [-0.1, -0.05) is 17.7 Å². The Morgan fingerprint density at radius 2 is 1.84 bits per heavy atom. The lowest BCUT2D eigenvalue weighted by molar-refractivity contribution is -0.193. The van der Waals surface area contributed by atoms with Crippen LogP contribution >= 0.6 is 11.6 Å². The average Bonchev–Trinajstić information content (AvgIpc) is 3.80. The highest BCUT2D eigenvalue weighted by atomic mass is 35.5. The molecule has 1 saturated heterocycles. The first-order valence-corrected chi connectivity index (χ1v) is 16.6. The van der Waals surface area contributed by atoms with Crippen molar-refractivity contribution in [1.29, 1.82) is 0 Å². The molecular weight excluding hydrogens is 658 g/mol. The lowest BCUT2D eigenvalue weighted by Gasteiger charge is -2.33. The van der Waals surface area contributed by atoms with Gasteiger partial charge in [0.1, 0.15) is 0 Å². The summed E-state index contributed by atoms with van der Waals surface area (Å²) in [5.74, 6) is -1.87. The van der Waals surface area contributed by atoms with Crippen LogP contribution in [0.2, 0.25) is 5.02 Å². The summed E-state index contributed by atoms with van der Waals surface area (Å²) in [4.78, 5) is 51.9. The number of likely N-dealkylation sites (tertiary alicyclic amines) is 1. The van der Waals surface area contributed by atoms with Crippen LogP contribution in [0.1, 0.15) is 47.4 Å². The molecule has 1 saturated carbocycles. The molecule has 256 valence electrons. The van der Waals surface area contributed by atoms with Gasteiger partial charge in [-0.2, -0.15) is 13.9 Å². The van der Waals surface area contributed by atoms with Crippen molar-refractivity contribution >= 4 is 46.2 Å². The van der Waals surface area contributed by atoms with E-state index in [2.05, 4.69) is 10.1 Å². The second-order valence-electron chi connectivity index (χ2n) is 13.2. The number of aromatic nitrogens is 4. The lowest BCUT2D eigenvalue weighted by Crippen LogP contribution is -2.50. The molecule has 0 spiro atoms. The van der Waals surface area contributed by atoms with Crippen molar-refractivity contribution in [3.05, 3.63) is 64.7 Å². The Labute approximate surface area is 285 Å². The first-order chi connectivity index (χ1) is 23.4. The van der Waals surface area contributed by atoms with Crippen LogP contribution in [0.4, 0.5) is 19.3 Å². The van der Waals surface area contributed by atoms with E-state index >= 15 is 8.78 Å². The zero-order chi connectivity index (χ0) is 34.6. The number of carbonyl (C=O) groups is 3. The van der Waals surface area contributed by atoms with Gasteiger partial charge in [-0.05, 0) is 73.8 Å². The fraction of sp³-hybridized carbons (Fsp3) is 0.412. The van der Waals surface area contributed by atoms with Gasteiger partial charge in [-0.3, -0.25) is 19.5 Å². The van der Waals surface area contributed by atoms with E-state index in [1.807, 2.05) is 9.58 Å². The smallest absolute Gasteiger partial charge is 0.423 e. The second kappa shape index (κ2) is 12.6. The topological polar surface area (TPSA) is 140 Å². The summed E-state index contributed by atoms with van der Waals surface area (Å²) in [6.45, 7) is 1.57. The standard InChI is InChI=1S/C34H35ClF2N8O4/c1-42(2)33(48)43-11-9-20(10-12-43)17-45-31-24(16-40-45)28(29(30(38)46)25(41-31)13-19-3-4-19)21-5-8-26-27(14-21)49-34(36,37)32(47)44(26)18-23-7-6-22(35)15-39-23/h5-8,14-16,19-20H,3-4,9-13,17-18H2,1-2H3,(H2,38,46). The molecule has 15 heteroatoms. The number of hydrogen-bond donors (Lipinski definition) is 1. The van der Waals surface area contributed by atoms with Crippen LogP contribution in [-0.2, 0) is 24.3 Å². The van der Waals surface area contributed by atoms with E-state index < -0.39 is 17.9 Å². The van der Waals surface area contributed by atoms with Gasteiger partial charge in [-0.15, -0.1) is 0 Å².